The minimum absolute atomic E-state index is 0.0206. The van der Waals surface area contributed by atoms with Crippen LogP contribution in [0.1, 0.15) is 96.0 Å². The van der Waals surface area contributed by atoms with Crippen molar-refractivity contribution in [2.75, 3.05) is 13.2 Å². The van der Waals surface area contributed by atoms with E-state index in [2.05, 4.69) is 6.92 Å². The van der Waals surface area contributed by atoms with Crippen LogP contribution in [0.3, 0.4) is 0 Å². The summed E-state index contributed by atoms with van der Waals surface area (Å²) in [6, 6.07) is 14.9. The molecule has 3 aromatic carbocycles. The third-order valence-electron chi connectivity index (χ3n) is 8.02. The highest BCUT2D eigenvalue weighted by atomic mass is 19.2. The number of ether oxygens (including phenoxy) is 3. The normalized spacial score (nSPS) is 17.0. The minimum Gasteiger partial charge on any atom is -0.462 e. The Balaban J connectivity index is 1.29. The summed E-state index contributed by atoms with van der Waals surface area (Å²) in [7, 11) is 0. The Morgan fingerprint density at radius 2 is 1.35 bits per heavy atom. The predicted molar refractivity (Wildman–Crippen MR) is 168 cm³/mol. The molecule has 4 rings (SSSR count). The highest BCUT2D eigenvalue weighted by molar-refractivity contribution is 5.71. The summed E-state index contributed by atoms with van der Waals surface area (Å²) in [6.07, 6.45) is 15.7. The Hall–Kier alpha value is -3.09. The van der Waals surface area contributed by atoms with Gasteiger partial charge in [-0.15, -0.1) is 0 Å². The number of allylic oxidation sites excluding steroid dienone is 1. The maximum atomic E-state index is 15.2. The van der Waals surface area contributed by atoms with Crippen LogP contribution in [0.5, 0.6) is 5.75 Å². The molecule has 1 saturated heterocycles. The molecule has 0 atom stereocenters. The molecule has 0 radical (unpaired) electrons. The molecule has 232 valence electrons. The number of halogens is 3. The van der Waals surface area contributed by atoms with Gasteiger partial charge in [0, 0.05) is 17.0 Å². The van der Waals surface area contributed by atoms with Gasteiger partial charge in [-0.3, -0.25) is 0 Å². The molecule has 1 fully saturated rings. The van der Waals surface area contributed by atoms with Crippen molar-refractivity contribution in [3.8, 4) is 28.0 Å². The van der Waals surface area contributed by atoms with Crippen LogP contribution in [0, 0.1) is 17.5 Å². The Morgan fingerprint density at radius 3 is 2.00 bits per heavy atom. The molecule has 0 amide bonds. The number of unbranched alkanes of at least 4 members (excludes halogenated alkanes) is 8. The smallest absolute Gasteiger partial charge is 0.201 e. The first-order valence-corrected chi connectivity index (χ1v) is 15.9. The van der Waals surface area contributed by atoms with Crippen molar-refractivity contribution in [2.45, 2.75) is 96.7 Å². The van der Waals surface area contributed by atoms with Gasteiger partial charge in [0.15, 0.2) is 17.9 Å². The van der Waals surface area contributed by atoms with E-state index in [4.69, 9.17) is 14.2 Å². The van der Waals surface area contributed by atoms with Crippen molar-refractivity contribution in [2.24, 2.45) is 0 Å². The summed E-state index contributed by atoms with van der Waals surface area (Å²) >= 11 is 0. The second-order valence-electron chi connectivity index (χ2n) is 11.4. The zero-order valence-electron chi connectivity index (χ0n) is 25.6. The summed E-state index contributed by atoms with van der Waals surface area (Å²) in [6.45, 7) is 5.28. The van der Waals surface area contributed by atoms with Crippen LogP contribution in [0.4, 0.5) is 13.2 Å². The quantitative estimate of drug-likeness (QED) is 0.122. The van der Waals surface area contributed by atoms with Crippen LogP contribution in [-0.4, -0.2) is 19.5 Å². The lowest BCUT2D eigenvalue weighted by molar-refractivity contribution is -0.190. The van der Waals surface area contributed by atoms with Crippen LogP contribution in [-0.2, 0) is 9.47 Å². The van der Waals surface area contributed by atoms with Crippen molar-refractivity contribution < 1.29 is 27.4 Å². The molecule has 0 spiro atoms. The van der Waals surface area contributed by atoms with Gasteiger partial charge in [0.05, 0.1) is 19.5 Å². The van der Waals surface area contributed by atoms with Crippen LogP contribution >= 0.6 is 0 Å². The summed E-state index contributed by atoms with van der Waals surface area (Å²) in [5, 5.41) is 0. The molecule has 1 aliphatic heterocycles. The fraction of sp³-hybridized carbons (Fsp3) is 0.459. The van der Waals surface area contributed by atoms with E-state index in [-0.39, 0.29) is 29.3 Å². The molecule has 0 bridgehead atoms. The van der Waals surface area contributed by atoms with Crippen molar-refractivity contribution in [1.82, 2.24) is 0 Å². The highest BCUT2D eigenvalue weighted by Gasteiger charge is 2.24. The SMILES string of the molecule is CCCC=COc1ccc(-c2ccc(-c3ccc(C4COC(CCCCCCCCCC)OC4)cc3F)cc2)c(F)c1F. The van der Waals surface area contributed by atoms with E-state index in [1.165, 1.54) is 63.3 Å². The molecule has 43 heavy (non-hydrogen) atoms. The second-order valence-corrected chi connectivity index (χ2v) is 11.4. The Labute approximate surface area is 255 Å². The lowest BCUT2D eigenvalue weighted by Gasteiger charge is -2.30. The Bertz CT molecular complexity index is 1300. The van der Waals surface area contributed by atoms with Gasteiger partial charge in [0.1, 0.15) is 5.82 Å². The van der Waals surface area contributed by atoms with Crippen LogP contribution < -0.4 is 4.74 Å². The molecule has 1 heterocycles. The second kappa shape index (κ2) is 17.3. The summed E-state index contributed by atoms with van der Waals surface area (Å²) in [5.74, 6) is -2.56. The van der Waals surface area contributed by atoms with E-state index >= 15 is 4.39 Å². The maximum Gasteiger partial charge on any atom is 0.201 e. The molecular weight excluding hydrogens is 549 g/mol. The maximum absolute atomic E-state index is 15.2. The first kappa shape index (κ1) is 32.8. The molecule has 6 heteroatoms. The number of benzene rings is 3. The highest BCUT2D eigenvalue weighted by Crippen LogP contribution is 2.33. The van der Waals surface area contributed by atoms with Crippen molar-refractivity contribution in [1.29, 1.82) is 0 Å². The summed E-state index contributed by atoms with van der Waals surface area (Å²) in [4.78, 5) is 0. The number of hydrogen-bond donors (Lipinski definition) is 0. The lowest BCUT2D eigenvalue weighted by atomic mass is 9.95. The Kier molecular flexibility index (Phi) is 13.2. The molecular formula is C37H45F3O3. The van der Waals surface area contributed by atoms with E-state index < -0.39 is 11.6 Å². The molecule has 0 saturated carbocycles. The van der Waals surface area contributed by atoms with Gasteiger partial charge in [-0.2, -0.15) is 4.39 Å². The molecule has 0 unspecified atom stereocenters. The fourth-order valence-electron chi connectivity index (χ4n) is 5.40. The molecule has 1 aliphatic rings. The third-order valence-corrected chi connectivity index (χ3v) is 8.02. The molecule has 3 aromatic rings. The molecule has 0 aromatic heterocycles. The van der Waals surface area contributed by atoms with Gasteiger partial charge in [-0.05, 0) is 60.2 Å². The number of rotatable bonds is 16. The minimum atomic E-state index is -1.04. The standard InChI is InChI=1S/C37H45F3O3/c1-3-5-7-8-9-10-11-12-14-35-42-25-30(26-43-35)29-19-20-31(33(38)24-29)27-15-17-28(18-16-27)32-21-22-34(37(40)36(32)39)41-23-13-6-4-2/h13,15-24,30,35H,3-12,14,25-26H2,1-2H3. The van der Waals surface area contributed by atoms with E-state index in [1.807, 2.05) is 13.0 Å². The van der Waals surface area contributed by atoms with Crippen molar-refractivity contribution in [3.05, 3.63) is 90.0 Å². The van der Waals surface area contributed by atoms with Gasteiger partial charge < -0.3 is 14.2 Å². The van der Waals surface area contributed by atoms with Crippen LogP contribution in [0.2, 0.25) is 0 Å². The monoisotopic (exact) mass is 594 g/mol. The zero-order valence-corrected chi connectivity index (χ0v) is 25.6. The zero-order chi connectivity index (χ0) is 30.4. The van der Waals surface area contributed by atoms with E-state index in [9.17, 15) is 8.78 Å². The lowest BCUT2D eigenvalue weighted by Crippen LogP contribution is -2.30. The molecule has 0 aliphatic carbocycles. The van der Waals surface area contributed by atoms with Gasteiger partial charge >= 0.3 is 0 Å². The Morgan fingerprint density at radius 1 is 0.721 bits per heavy atom. The van der Waals surface area contributed by atoms with E-state index in [0.29, 0.717) is 29.9 Å². The van der Waals surface area contributed by atoms with Crippen LogP contribution in [0.15, 0.2) is 66.9 Å². The first-order valence-electron chi connectivity index (χ1n) is 15.9. The third kappa shape index (κ3) is 9.45. The van der Waals surface area contributed by atoms with Crippen LogP contribution in [0.25, 0.3) is 22.3 Å². The predicted octanol–water partition coefficient (Wildman–Crippen LogP) is 11.1. The average molecular weight is 595 g/mol. The summed E-state index contributed by atoms with van der Waals surface area (Å²) in [5.41, 5.74) is 2.53. The van der Waals surface area contributed by atoms with Crippen molar-refractivity contribution >= 4 is 0 Å². The first-order chi connectivity index (χ1) is 21.0. The van der Waals surface area contributed by atoms with Gasteiger partial charge in [0.2, 0.25) is 5.82 Å². The van der Waals surface area contributed by atoms with E-state index in [1.54, 1.807) is 42.5 Å². The van der Waals surface area contributed by atoms with Crippen molar-refractivity contribution in [3.63, 3.8) is 0 Å². The van der Waals surface area contributed by atoms with Gasteiger partial charge in [0.25, 0.3) is 0 Å². The van der Waals surface area contributed by atoms with E-state index in [0.717, 1.165) is 31.2 Å². The fourth-order valence-corrected chi connectivity index (χ4v) is 5.40. The molecule has 0 N–H and O–H groups in total. The summed E-state index contributed by atoms with van der Waals surface area (Å²) < 4.78 is 61.8. The average Bonchev–Trinajstić information content (AvgIpc) is 3.03. The topological polar surface area (TPSA) is 27.7 Å². The number of hydrogen-bond acceptors (Lipinski definition) is 3. The largest absolute Gasteiger partial charge is 0.462 e. The van der Waals surface area contributed by atoms with Gasteiger partial charge in [-0.25, -0.2) is 8.78 Å². The molecule has 3 nitrogen and oxygen atoms in total. The van der Waals surface area contributed by atoms with Gasteiger partial charge in [-0.1, -0.05) is 102 Å².